The van der Waals surface area contributed by atoms with Crippen molar-refractivity contribution in [2.75, 3.05) is 13.1 Å². The molecule has 0 saturated heterocycles. The average molecular weight is 369 g/mol. The van der Waals surface area contributed by atoms with Crippen molar-refractivity contribution in [1.82, 2.24) is 4.31 Å². The summed E-state index contributed by atoms with van der Waals surface area (Å²) < 4.78 is 27.0. The number of hydrogen-bond acceptors (Lipinski definition) is 3. The Morgan fingerprint density at radius 2 is 1.44 bits per heavy atom. The first-order valence-electron chi connectivity index (χ1n) is 9.58. The van der Waals surface area contributed by atoms with Gasteiger partial charge >= 0.3 is 0 Å². The van der Waals surface area contributed by atoms with Gasteiger partial charge in [0, 0.05) is 13.1 Å². The van der Waals surface area contributed by atoms with E-state index < -0.39 is 14.9 Å². The van der Waals surface area contributed by atoms with Gasteiger partial charge in [0.2, 0.25) is 0 Å². The molecular formula is C19H34N3O2S-. The number of unbranched alkanes of at least 4 members (excludes halogenated alkanes) is 2. The van der Waals surface area contributed by atoms with Gasteiger partial charge in [-0.05, 0) is 24.7 Å². The fourth-order valence-electron chi connectivity index (χ4n) is 2.95. The van der Waals surface area contributed by atoms with Crippen LogP contribution in [0, 0.1) is 23.2 Å². The van der Waals surface area contributed by atoms with E-state index in [1.807, 2.05) is 0 Å². The summed E-state index contributed by atoms with van der Waals surface area (Å²) in [5, 5.41) is 18.1. The van der Waals surface area contributed by atoms with Gasteiger partial charge in [-0.3, -0.25) is 0 Å². The molecule has 0 aliphatic rings. The first-order valence-corrected chi connectivity index (χ1v) is 11.0. The molecule has 144 valence electrons. The molecule has 2 unspecified atom stereocenters. The molecule has 0 heterocycles. The maximum Gasteiger partial charge on any atom is 0.258 e. The van der Waals surface area contributed by atoms with Crippen molar-refractivity contribution in [3.8, 4) is 6.07 Å². The molecule has 0 aromatic rings. The van der Waals surface area contributed by atoms with Crippen molar-refractivity contribution >= 4 is 15.9 Å². The summed E-state index contributed by atoms with van der Waals surface area (Å²) in [5.74, 6) is 2.09. The molecule has 0 aromatic carbocycles. The summed E-state index contributed by atoms with van der Waals surface area (Å²) in [6.07, 6.45) is 8.01. The quantitative estimate of drug-likeness (QED) is 0.329. The van der Waals surface area contributed by atoms with Gasteiger partial charge in [0.1, 0.15) is 6.07 Å². The molecule has 0 N–H and O–H groups in total. The van der Waals surface area contributed by atoms with E-state index in [-0.39, 0.29) is 11.8 Å². The van der Waals surface area contributed by atoms with Crippen LogP contribution in [-0.2, 0) is 10.0 Å². The first kappa shape index (κ1) is 23.9. The Balaban J connectivity index is 5.49. The molecule has 0 fully saturated rings. The van der Waals surface area contributed by atoms with Gasteiger partial charge in [-0.15, -0.1) is 0 Å². The lowest BCUT2D eigenvalue weighted by Crippen LogP contribution is -2.39. The summed E-state index contributed by atoms with van der Waals surface area (Å²) in [4.78, 5) is -0.691. The fourth-order valence-corrected chi connectivity index (χ4v) is 4.25. The van der Waals surface area contributed by atoms with Gasteiger partial charge in [0.05, 0.1) is 0 Å². The van der Waals surface area contributed by atoms with Gasteiger partial charge in [-0.2, -0.15) is 9.57 Å². The highest BCUT2D eigenvalue weighted by molar-refractivity contribution is 7.93. The Labute approximate surface area is 154 Å². The third-order valence-electron chi connectivity index (χ3n) is 4.81. The number of nitrogens with zero attached hydrogens (tertiary/aromatic N) is 3. The number of sulfonamides is 1. The zero-order valence-corrected chi connectivity index (χ0v) is 17.1. The molecule has 0 radical (unpaired) electrons. The van der Waals surface area contributed by atoms with Crippen molar-refractivity contribution in [3.63, 3.8) is 0 Å². The van der Waals surface area contributed by atoms with Gasteiger partial charge in [-0.1, -0.05) is 66.2 Å². The lowest BCUT2D eigenvalue weighted by Gasteiger charge is -2.29. The minimum absolute atomic E-state index is 0.261. The third-order valence-corrected chi connectivity index (χ3v) is 6.49. The molecule has 0 rings (SSSR count). The van der Waals surface area contributed by atoms with Crippen molar-refractivity contribution in [1.29, 1.82) is 5.26 Å². The Bertz CT molecular complexity index is 542. The monoisotopic (exact) mass is 368 g/mol. The van der Waals surface area contributed by atoms with Crippen LogP contribution < -0.4 is 0 Å². The van der Waals surface area contributed by atoms with Gasteiger partial charge in [-0.25, -0.2) is 14.3 Å². The maximum atomic E-state index is 12.8. The second-order valence-corrected chi connectivity index (χ2v) is 8.58. The van der Waals surface area contributed by atoms with Crippen LogP contribution in [0.5, 0.6) is 0 Å². The molecule has 0 aromatic heterocycles. The summed E-state index contributed by atoms with van der Waals surface area (Å²) in [5.41, 5.74) is 0. The molecule has 0 spiro atoms. The van der Waals surface area contributed by atoms with Gasteiger partial charge in [0.25, 0.3) is 10.0 Å². The summed E-state index contributed by atoms with van der Waals surface area (Å²) >= 11 is 0. The van der Waals surface area contributed by atoms with Crippen molar-refractivity contribution in [2.45, 2.75) is 79.1 Å². The maximum absolute atomic E-state index is 12.8. The smallest absolute Gasteiger partial charge is 0.258 e. The molecule has 6 heteroatoms. The second-order valence-electron chi connectivity index (χ2n) is 6.71. The molecular weight excluding hydrogens is 334 g/mol. The number of nitriles is 1. The number of hydrogen-bond donors (Lipinski definition) is 0. The van der Waals surface area contributed by atoms with E-state index in [4.69, 9.17) is 10.7 Å². The van der Waals surface area contributed by atoms with E-state index in [0.717, 1.165) is 51.4 Å². The zero-order valence-electron chi connectivity index (χ0n) is 16.3. The van der Waals surface area contributed by atoms with E-state index in [2.05, 4.69) is 27.7 Å². The minimum Gasteiger partial charge on any atom is -0.762 e. The molecule has 0 amide bonds. The van der Waals surface area contributed by atoms with Crippen LogP contribution in [0.25, 0.3) is 5.41 Å². The molecule has 0 aliphatic carbocycles. The van der Waals surface area contributed by atoms with E-state index in [1.54, 1.807) is 11.9 Å². The van der Waals surface area contributed by atoms with Crippen LogP contribution in [0.4, 0.5) is 0 Å². The molecule has 25 heavy (non-hydrogen) atoms. The van der Waals surface area contributed by atoms with Crippen LogP contribution in [-0.4, -0.2) is 31.7 Å². The predicted octanol–water partition coefficient (Wildman–Crippen LogP) is 4.70. The lowest BCUT2D eigenvalue weighted by molar-refractivity contribution is 0.272. The van der Waals surface area contributed by atoms with Crippen molar-refractivity contribution in [3.05, 3.63) is 10.3 Å². The molecule has 0 saturated carbocycles. The van der Waals surface area contributed by atoms with Crippen LogP contribution >= 0.6 is 0 Å². The van der Waals surface area contributed by atoms with Crippen molar-refractivity contribution in [2.24, 2.45) is 11.8 Å². The lowest BCUT2D eigenvalue weighted by atomic mass is 9.97. The molecule has 0 aliphatic heterocycles. The van der Waals surface area contributed by atoms with E-state index in [9.17, 15) is 8.42 Å². The van der Waals surface area contributed by atoms with Crippen LogP contribution in [0.15, 0.2) is 4.91 Å². The van der Waals surface area contributed by atoms with Crippen LogP contribution in [0.1, 0.15) is 79.1 Å². The van der Waals surface area contributed by atoms with E-state index in [1.165, 1.54) is 4.31 Å². The Morgan fingerprint density at radius 1 is 1.00 bits per heavy atom. The van der Waals surface area contributed by atoms with Crippen LogP contribution in [0.2, 0.25) is 0 Å². The highest BCUT2D eigenvalue weighted by Crippen LogP contribution is 2.23. The normalized spacial score (nSPS) is 13.9. The van der Waals surface area contributed by atoms with Gasteiger partial charge < -0.3 is 5.41 Å². The third kappa shape index (κ3) is 8.18. The molecule has 0 bridgehead atoms. The van der Waals surface area contributed by atoms with Crippen LogP contribution in [0.3, 0.4) is 0 Å². The summed E-state index contributed by atoms with van der Waals surface area (Å²) in [7, 11) is -4.00. The van der Waals surface area contributed by atoms with Gasteiger partial charge in [0.15, 0.2) is 4.91 Å². The SMILES string of the molecule is CCCCC(CC)CN(CC(CC)CCCC)S(=O)(=O)C(=C=[N-])C#N. The second kappa shape index (κ2) is 13.1. The number of allylic oxidation sites excluding steroid dienone is 1. The minimum atomic E-state index is -4.00. The number of rotatable bonds is 14. The summed E-state index contributed by atoms with van der Waals surface area (Å²) in [6.45, 7) is 9.17. The van der Waals surface area contributed by atoms with E-state index >= 15 is 0 Å². The Morgan fingerprint density at radius 3 is 1.72 bits per heavy atom. The Kier molecular flexibility index (Phi) is 12.5. The fraction of sp³-hybridized carbons (Fsp3) is 0.842. The molecule has 5 nitrogen and oxygen atoms in total. The highest BCUT2D eigenvalue weighted by Gasteiger charge is 2.29. The topological polar surface area (TPSA) is 83.5 Å². The standard InChI is InChI=1S/C19H34N3O2S/c1-5-9-11-17(7-3)15-22(16-18(8-4)12-10-6-2)25(23,24)19(13-20)14-21/h17-18H,5-12,15-16H2,1-4H3/q-1. The predicted molar refractivity (Wildman–Crippen MR) is 105 cm³/mol. The van der Waals surface area contributed by atoms with Crippen molar-refractivity contribution < 1.29 is 8.42 Å². The Hall–Kier alpha value is -1.15. The molecule has 2 atom stereocenters. The summed E-state index contributed by atoms with van der Waals surface area (Å²) in [6, 6.07) is 1.57. The highest BCUT2D eigenvalue weighted by atomic mass is 32.2. The zero-order chi connectivity index (χ0) is 19.3. The van der Waals surface area contributed by atoms with E-state index in [0.29, 0.717) is 13.1 Å². The largest absolute Gasteiger partial charge is 0.762 e. The average Bonchev–Trinajstić information content (AvgIpc) is 2.61. The first-order chi connectivity index (χ1) is 11.9.